The Bertz CT molecular complexity index is 491. The fourth-order valence-corrected chi connectivity index (χ4v) is 3.17. The van der Waals surface area contributed by atoms with E-state index in [1.807, 2.05) is 0 Å². The maximum Gasteiger partial charge on any atom is 0.231 e. The standard InChI is InChI=1S/C13H18N4O/c18-12(10-7-9(10)8-4-5-8)14-13-16-15-11-3-1-2-6-17(11)13/h8-10H,1-7H2,(H,14,16,18)/t9-,10+/m1/s1. The zero-order valence-electron chi connectivity index (χ0n) is 10.4. The van der Waals surface area contributed by atoms with Gasteiger partial charge in [-0.3, -0.25) is 14.7 Å². The van der Waals surface area contributed by atoms with Gasteiger partial charge in [0, 0.05) is 18.9 Å². The van der Waals surface area contributed by atoms with Crippen molar-refractivity contribution >= 4 is 11.9 Å². The highest BCUT2D eigenvalue weighted by atomic mass is 16.2. The summed E-state index contributed by atoms with van der Waals surface area (Å²) in [5, 5.41) is 11.2. The Morgan fingerprint density at radius 3 is 3.00 bits per heavy atom. The lowest BCUT2D eigenvalue weighted by Gasteiger charge is -2.14. The molecule has 2 saturated carbocycles. The van der Waals surface area contributed by atoms with Crippen LogP contribution in [-0.4, -0.2) is 20.7 Å². The van der Waals surface area contributed by atoms with Crippen LogP contribution >= 0.6 is 0 Å². The molecule has 5 nitrogen and oxygen atoms in total. The maximum absolute atomic E-state index is 12.1. The predicted octanol–water partition coefficient (Wildman–Crippen LogP) is 1.60. The van der Waals surface area contributed by atoms with Gasteiger partial charge >= 0.3 is 0 Å². The van der Waals surface area contributed by atoms with Gasteiger partial charge in [-0.1, -0.05) is 0 Å². The summed E-state index contributed by atoms with van der Waals surface area (Å²) in [6, 6.07) is 0. The molecule has 2 fully saturated rings. The van der Waals surface area contributed by atoms with E-state index < -0.39 is 0 Å². The smallest absolute Gasteiger partial charge is 0.231 e. The molecule has 2 aliphatic carbocycles. The summed E-state index contributed by atoms with van der Waals surface area (Å²) in [5.74, 6) is 3.59. The number of nitrogens with zero attached hydrogens (tertiary/aromatic N) is 3. The minimum Gasteiger partial charge on any atom is -0.297 e. The number of hydrogen-bond donors (Lipinski definition) is 1. The van der Waals surface area contributed by atoms with Crippen LogP contribution in [0.15, 0.2) is 0 Å². The Labute approximate surface area is 106 Å². The van der Waals surface area contributed by atoms with Crippen molar-refractivity contribution in [3.8, 4) is 0 Å². The molecule has 3 aliphatic rings. The number of rotatable bonds is 3. The number of nitrogens with one attached hydrogen (secondary N) is 1. The molecule has 1 aliphatic heterocycles. The zero-order valence-corrected chi connectivity index (χ0v) is 10.4. The first-order chi connectivity index (χ1) is 8.83. The van der Waals surface area contributed by atoms with E-state index in [2.05, 4.69) is 20.1 Å². The molecule has 2 atom stereocenters. The van der Waals surface area contributed by atoms with Crippen LogP contribution in [-0.2, 0) is 17.8 Å². The Hall–Kier alpha value is -1.39. The SMILES string of the molecule is O=C(Nc1nnc2n1CCCC2)[C@H]1C[C@@H]1C1CC1. The molecule has 96 valence electrons. The molecular formula is C13H18N4O. The molecule has 1 N–H and O–H groups in total. The highest BCUT2D eigenvalue weighted by Crippen LogP contribution is 2.54. The first-order valence-electron chi connectivity index (χ1n) is 7.06. The average molecular weight is 246 g/mol. The summed E-state index contributed by atoms with van der Waals surface area (Å²) < 4.78 is 2.07. The number of fused-ring (bicyclic) bond motifs is 1. The monoisotopic (exact) mass is 246 g/mol. The molecular weight excluding hydrogens is 228 g/mol. The first-order valence-corrected chi connectivity index (χ1v) is 7.06. The molecule has 0 radical (unpaired) electrons. The number of aryl methyl sites for hydroxylation is 1. The number of amides is 1. The molecule has 0 aromatic carbocycles. The van der Waals surface area contributed by atoms with Gasteiger partial charge in [0.25, 0.3) is 0 Å². The van der Waals surface area contributed by atoms with Gasteiger partial charge in [0.05, 0.1) is 0 Å². The van der Waals surface area contributed by atoms with E-state index in [0.29, 0.717) is 11.9 Å². The summed E-state index contributed by atoms with van der Waals surface area (Å²) >= 11 is 0. The Balaban J connectivity index is 1.45. The Morgan fingerprint density at radius 1 is 1.28 bits per heavy atom. The molecule has 1 aromatic rings. The van der Waals surface area contributed by atoms with E-state index in [-0.39, 0.29) is 11.8 Å². The third kappa shape index (κ3) is 1.72. The van der Waals surface area contributed by atoms with Crippen LogP contribution in [0.25, 0.3) is 0 Å². The summed E-state index contributed by atoms with van der Waals surface area (Å²) in [6.45, 7) is 0.939. The maximum atomic E-state index is 12.1. The van der Waals surface area contributed by atoms with Crippen molar-refractivity contribution in [3.05, 3.63) is 5.82 Å². The third-order valence-corrected chi connectivity index (χ3v) is 4.50. The molecule has 0 bridgehead atoms. The number of anilines is 1. The summed E-state index contributed by atoms with van der Waals surface area (Å²) in [4.78, 5) is 12.1. The molecule has 0 unspecified atom stereocenters. The number of hydrogen-bond acceptors (Lipinski definition) is 3. The van der Waals surface area contributed by atoms with Crippen LogP contribution in [0.1, 0.15) is 37.9 Å². The van der Waals surface area contributed by atoms with E-state index in [4.69, 9.17) is 0 Å². The first kappa shape index (κ1) is 10.5. The second kappa shape index (κ2) is 3.80. The molecule has 0 spiro atoms. The Kier molecular flexibility index (Phi) is 2.22. The van der Waals surface area contributed by atoms with Crippen LogP contribution in [0.2, 0.25) is 0 Å². The molecule has 18 heavy (non-hydrogen) atoms. The lowest BCUT2D eigenvalue weighted by Crippen LogP contribution is -2.20. The normalized spacial score (nSPS) is 29.8. The van der Waals surface area contributed by atoms with Gasteiger partial charge in [0.15, 0.2) is 0 Å². The molecule has 2 heterocycles. The van der Waals surface area contributed by atoms with Crippen LogP contribution < -0.4 is 5.32 Å². The quantitative estimate of drug-likeness (QED) is 0.881. The highest BCUT2D eigenvalue weighted by molar-refractivity contribution is 5.93. The largest absolute Gasteiger partial charge is 0.297 e. The van der Waals surface area contributed by atoms with E-state index in [0.717, 1.165) is 37.5 Å². The van der Waals surface area contributed by atoms with Gasteiger partial charge in [-0.25, -0.2) is 0 Å². The lowest BCUT2D eigenvalue weighted by atomic mass is 10.2. The van der Waals surface area contributed by atoms with Crippen LogP contribution in [0.4, 0.5) is 5.95 Å². The van der Waals surface area contributed by atoms with Crippen LogP contribution in [0, 0.1) is 17.8 Å². The molecule has 1 aromatic heterocycles. The van der Waals surface area contributed by atoms with Crippen molar-refractivity contribution < 1.29 is 4.79 Å². The van der Waals surface area contributed by atoms with Gasteiger partial charge < -0.3 is 0 Å². The van der Waals surface area contributed by atoms with E-state index in [1.54, 1.807) is 0 Å². The van der Waals surface area contributed by atoms with Crippen LogP contribution in [0.3, 0.4) is 0 Å². The Morgan fingerprint density at radius 2 is 2.17 bits per heavy atom. The van der Waals surface area contributed by atoms with Gasteiger partial charge in [-0.05, 0) is 43.9 Å². The fraction of sp³-hybridized carbons (Fsp3) is 0.769. The topological polar surface area (TPSA) is 59.8 Å². The highest BCUT2D eigenvalue weighted by Gasteiger charge is 2.51. The van der Waals surface area contributed by atoms with Crippen molar-refractivity contribution in [3.63, 3.8) is 0 Å². The van der Waals surface area contributed by atoms with E-state index in [1.165, 1.54) is 19.3 Å². The van der Waals surface area contributed by atoms with Gasteiger partial charge in [-0.15, -0.1) is 10.2 Å². The van der Waals surface area contributed by atoms with Gasteiger partial charge in [0.1, 0.15) is 5.82 Å². The zero-order chi connectivity index (χ0) is 12.1. The van der Waals surface area contributed by atoms with Crippen molar-refractivity contribution in [1.82, 2.24) is 14.8 Å². The third-order valence-electron chi connectivity index (χ3n) is 4.50. The van der Waals surface area contributed by atoms with Crippen molar-refractivity contribution in [1.29, 1.82) is 0 Å². The second-order valence-electron chi connectivity index (χ2n) is 5.88. The molecule has 0 saturated heterocycles. The number of aromatic nitrogens is 3. The van der Waals surface area contributed by atoms with E-state index in [9.17, 15) is 4.79 Å². The molecule has 4 rings (SSSR count). The minimum atomic E-state index is 0.160. The second-order valence-corrected chi connectivity index (χ2v) is 5.88. The summed E-state index contributed by atoms with van der Waals surface area (Å²) in [6.07, 6.45) is 7.05. The molecule has 1 amide bonds. The number of carbonyl (C=O) groups is 1. The van der Waals surface area contributed by atoms with Crippen molar-refractivity contribution in [2.75, 3.05) is 5.32 Å². The average Bonchev–Trinajstić information content (AvgIpc) is 3.25. The summed E-state index contributed by atoms with van der Waals surface area (Å²) in [5.41, 5.74) is 0. The predicted molar refractivity (Wildman–Crippen MR) is 65.9 cm³/mol. The lowest BCUT2D eigenvalue weighted by molar-refractivity contribution is -0.117. The van der Waals surface area contributed by atoms with Crippen LogP contribution in [0.5, 0.6) is 0 Å². The van der Waals surface area contributed by atoms with Crippen molar-refractivity contribution in [2.24, 2.45) is 17.8 Å². The number of carbonyl (C=O) groups excluding carboxylic acids is 1. The molecule has 5 heteroatoms. The minimum absolute atomic E-state index is 0.160. The van der Waals surface area contributed by atoms with Crippen molar-refractivity contribution in [2.45, 2.75) is 45.1 Å². The fourth-order valence-electron chi connectivity index (χ4n) is 3.17. The summed E-state index contributed by atoms with van der Waals surface area (Å²) in [7, 11) is 0. The van der Waals surface area contributed by atoms with E-state index >= 15 is 0 Å². The van der Waals surface area contributed by atoms with Gasteiger partial charge in [-0.2, -0.15) is 0 Å². The van der Waals surface area contributed by atoms with Gasteiger partial charge in [0.2, 0.25) is 11.9 Å².